The molecule has 4 rings (SSSR count). The van der Waals surface area contributed by atoms with Crippen LogP contribution in [0.15, 0.2) is 46.1 Å². The molecule has 1 unspecified atom stereocenters. The number of rotatable bonds is 3. The fourth-order valence-electron chi connectivity index (χ4n) is 2.40. The highest BCUT2D eigenvalue weighted by atomic mass is 32.2. The van der Waals surface area contributed by atoms with Gasteiger partial charge in [0.15, 0.2) is 5.82 Å². The highest BCUT2D eigenvalue weighted by Crippen LogP contribution is 2.36. The molecule has 0 spiro atoms. The fourth-order valence-corrected chi connectivity index (χ4v) is 3.50. The van der Waals surface area contributed by atoms with Crippen molar-refractivity contribution in [2.75, 3.05) is 5.32 Å². The number of aryl methyl sites for hydroxylation is 1. The lowest BCUT2D eigenvalue weighted by Gasteiger charge is -2.22. The number of anilines is 1. The fraction of sp³-hybridized carbons (Fsp3) is 0.200. The predicted molar refractivity (Wildman–Crippen MR) is 84.9 cm³/mol. The number of fused-ring (bicyclic) bond motifs is 1. The van der Waals surface area contributed by atoms with Crippen molar-refractivity contribution >= 4 is 23.4 Å². The third-order valence-corrected chi connectivity index (χ3v) is 4.83. The lowest BCUT2D eigenvalue weighted by molar-refractivity contribution is -0.115. The summed E-state index contributed by atoms with van der Waals surface area (Å²) in [5, 5.41) is 6.56. The van der Waals surface area contributed by atoms with Crippen molar-refractivity contribution in [3.63, 3.8) is 0 Å². The van der Waals surface area contributed by atoms with Gasteiger partial charge >= 0.3 is 0 Å². The second-order valence-corrected chi connectivity index (χ2v) is 6.41. The number of hydrogen-bond acceptors (Lipinski definition) is 6. The van der Waals surface area contributed by atoms with Crippen LogP contribution < -0.4 is 5.32 Å². The van der Waals surface area contributed by atoms with Crippen molar-refractivity contribution in [3.05, 3.63) is 42.5 Å². The molecule has 0 radical (unpaired) electrons. The molecular formula is C15H13N5O2S. The molecule has 0 fully saturated rings. The van der Waals surface area contributed by atoms with Gasteiger partial charge in [0.05, 0.1) is 10.9 Å². The van der Waals surface area contributed by atoms with Gasteiger partial charge in [-0.2, -0.15) is 4.98 Å². The third kappa shape index (κ3) is 2.61. The Hall–Kier alpha value is -2.61. The molecule has 2 aromatic heterocycles. The van der Waals surface area contributed by atoms with Crippen LogP contribution in [0, 0.1) is 0 Å². The topological polar surface area (TPSA) is 85.8 Å². The van der Waals surface area contributed by atoms with Crippen LogP contribution in [0.2, 0.25) is 0 Å². The van der Waals surface area contributed by atoms with Crippen LogP contribution in [0.1, 0.15) is 5.89 Å². The smallest absolute Gasteiger partial charge is 0.238 e. The normalized spacial score (nSPS) is 16.9. The number of carbonyl (C=O) groups excluding carboxylic acids is 1. The molecule has 1 aliphatic heterocycles. The van der Waals surface area contributed by atoms with Crippen molar-refractivity contribution in [2.45, 2.75) is 16.6 Å². The lowest BCUT2D eigenvalue weighted by atomic mass is 10.2. The van der Waals surface area contributed by atoms with Gasteiger partial charge in [-0.1, -0.05) is 17.3 Å². The number of benzene rings is 1. The summed E-state index contributed by atoms with van der Waals surface area (Å²) in [5.74, 6) is 1.43. The van der Waals surface area contributed by atoms with Crippen LogP contribution in [0.25, 0.3) is 11.6 Å². The molecule has 3 aromatic rings. The van der Waals surface area contributed by atoms with Crippen molar-refractivity contribution in [1.82, 2.24) is 19.7 Å². The zero-order valence-electron chi connectivity index (χ0n) is 12.3. The molecule has 1 atom stereocenters. The lowest BCUT2D eigenvalue weighted by Crippen LogP contribution is -2.30. The summed E-state index contributed by atoms with van der Waals surface area (Å²) in [7, 11) is 1.86. The number of para-hydroxylation sites is 1. The predicted octanol–water partition coefficient (Wildman–Crippen LogP) is 2.13. The SMILES string of the molecule is Cn1ccnc1-c1noc(CC2Sc3ccccc3NC2=O)n1. The van der Waals surface area contributed by atoms with Gasteiger partial charge < -0.3 is 14.4 Å². The van der Waals surface area contributed by atoms with E-state index in [1.807, 2.05) is 42.1 Å². The summed E-state index contributed by atoms with van der Waals surface area (Å²) in [6.45, 7) is 0. The van der Waals surface area contributed by atoms with E-state index in [9.17, 15) is 4.79 Å². The van der Waals surface area contributed by atoms with E-state index in [1.165, 1.54) is 11.8 Å². The summed E-state index contributed by atoms with van der Waals surface area (Å²) in [5.41, 5.74) is 0.845. The van der Waals surface area contributed by atoms with Gasteiger partial charge in [-0.05, 0) is 12.1 Å². The van der Waals surface area contributed by atoms with Crippen LogP contribution in [-0.4, -0.2) is 30.8 Å². The quantitative estimate of drug-likeness (QED) is 0.793. The van der Waals surface area contributed by atoms with Gasteiger partial charge in [-0.3, -0.25) is 4.79 Å². The maximum absolute atomic E-state index is 12.2. The van der Waals surface area contributed by atoms with Crippen LogP contribution >= 0.6 is 11.8 Å². The number of nitrogens with zero attached hydrogens (tertiary/aromatic N) is 4. The first-order chi connectivity index (χ1) is 11.2. The Bertz CT molecular complexity index is 872. The summed E-state index contributed by atoms with van der Waals surface area (Å²) in [4.78, 5) is 21.8. The molecule has 7 nitrogen and oxygen atoms in total. The number of thioether (sulfide) groups is 1. The van der Waals surface area contributed by atoms with Crippen molar-refractivity contribution < 1.29 is 9.32 Å². The van der Waals surface area contributed by atoms with Gasteiger partial charge in [0.1, 0.15) is 0 Å². The van der Waals surface area contributed by atoms with E-state index in [-0.39, 0.29) is 11.2 Å². The van der Waals surface area contributed by atoms with Crippen LogP contribution in [0.3, 0.4) is 0 Å². The van der Waals surface area contributed by atoms with Gasteiger partial charge in [-0.25, -0.2) is 4.98 Å². The summed E-state index contributed by atoms with van der Waals surface area (Å²) < 4.78 is 7.09. The van der Waals surface area contributed by atoms with Gasteiger partial charge in [0.25, 0.3) is 0 Å². The third-order valence-electron chi connectivity index (χ3n) is 3.56. The van der Waals surface area contributed by atoms with Crippen LogP contribution in [-0.2, 0) is 18.3 Å². The Morgan fingerprint density at radius 2 is 2.26 bits per heavy atom. The van der Waals surface area contributed by atoms with E-state index in [0.29, 0.717) is 24.0 Å². The molecule has 1 aromatic carbocycles. The highest BCUT2D eigenvalue weighted by molar-refractivity contribution is 8.01. The number of hydrogen-bond donors (Lipinski definition) is 1. The van der Waals surface area contributed by atoms with Gasteiger partial charge in [0, 0.05) is 30.8 Å². The number of amides is 1. The average Bonchev–Trinajstić information content (AvgIpc) is 3.16. The molecule has 0 aliphatic carbocycles. The Balaban J connectivity index is 1.54. The minimum atomic E-state index is -0.292. The number of aromatic nitrogens is 4. The highest BCUT2D eigenvalue weighted by Gasteiger charge is 2.29. The van der Waals surface area contributed by atoms with E-state index in [0.717, 1.165) is 10.6 Å². The maximum Gasteiger partial charge on any atom is 0.238 e. The standard InChI is InChI=1S/C15H13N5O2S/c1-20-7-6-16-14(20)13-18-12(22-19-13)8-11-15(21)17-9-4-2-3-5-10(9)23-11/h2-7,11H,8H2,1H3,(H,17,21). The Morgan fingerprint density at radius 1 is 1.39 bits per heavy atom. The summed E-state index contributed by atoms with van der Waals surface area (Å²) in [6, 6.07) is 7.73. The maximum atomic E-state index is 12.2. The van der Waals surface area contributed by atoms with Gasteiger partial charge in [-0.15, -0.1) is 11.8 Å². The van der Waals surface area contributed by atoms with E-state index >= 15 is 0 Å². The Morgan fingerprint density at radius 3 is 3.09 bits per heavy atom. The van der Waals surface area contributed by atoms with E-state index in [2.05, 4.69) is 20.4 Å². The van der Waals surface area contributed by atoms with E-state index in [1.54, 1.807) is 6.20 Å². The molecule has 116 valence electrons. The van der Waals surface area contributed by atoms with Crippen LogP contribution in [0.4, 0.5) is 5.69 Å². The van der Waals surface area contributed by atoms with Crippen molar-refractivity contribution in [1.29, 1.82) is 0 Å². The Labute approximate surface area is 136 Å². The molecule has 3 heterocycles. The second-order valence-electron chi connectivity index (χ2n) is 5.17. The molecule has 0 saturated carbocycles. The summed E-state index contributed by atoms with van der Waals surface area (Å²) >= 11 is 1.51. The number of carbonyl (C=O) groups is 1. The molecule has 1 aliphatic rings. The monoisotopic (exact) mass is 327 g/mol. The zero-order valence-corrected chi connectivity index (χ0v) is 13.1. The zero-order chi connectivity index (χ0) is 15.8. The minimum absolute atomic E-state index is 0.0505. The molecule has 23 heavy (non-hydrogen) atoms. The van der Waals surface area contributed by atoms with Crippen molar-refractivity contribution in [2.24, 2.45) is 7.05 Å². The van der Waals surface area contributed by atoms with Crippen LogP contribution in [0.5, 0.6) is 0 Å². The first kappa shape index (κ1) is 14.0. The molecule has 8 heteroatoms. The minimum Gasteiger partial charge on any atom is -0.339 e. The Kier molecular flexibility index (Phi) is 3.38. The first-order valence-electron chi connectivity index (χ1n) is 7.07. The number of nitrogens with one attached hydrogen (secondary N) is 1. The second kappa shape index (κ2) is 5.54. The number of imidazole rings is 1. The first-order valence-corrected chi connectivity index (χ1v) is 7.95. The molecular weight excluding hydrogens is 314 g/mol. The molecule has 0 saturated heterocycles. The van der Waals surface area contributed by atoms with E-state index in [4.69, 9.17) is 4.52 Å². The van der Waals surface area contributed by atoms with E-state index < -0.39 is 0 Å². The average molecular weight is 327 g/mol. The van der Waals surface area contributed by atoms with Crippen molar-refractivity contribution in [3.8, 4) is 11.6 Å². The molecule has 0 bridgehead atoms. The molecule has 1 N–H and O–H groups in total. The molecule has 1 amide bonds. The largest absolute Gasteiger partial charge is 0.339 e. The summed E-state index contributed by atoms with van der Waals surface area (Å²) in [6.07, 6.45) is 3.86. The van der Waals surface area contributed by atoms with Gasteiger partial charge in [0.2, 0.25) is 17.6 Å².